The van der Waals surface area contributed by atoms with Gasteiger partial charge in [-0.2, -0.15) is 10.2 Å². The van der Waals surface area contributed by atoms with Crippen molar-refractivity contribution in [3.8, 4) is 11.1 Å². The number of ether oxygens (including phenoxy) is 2. The third kappa shape index (κ3) is 5.02. The minimum absolute atomic E-state index is 0.0677. The summed E-state index contributed by atoms with van der Waals surface area (Å²) in [4.78, 5) is 27.3. The number of hydrogen-bond acceptors (Lipinski definition) is 7. The van der Waals surface area contributed by atoms with Crippen molar-refractivity contribution in [2.75, 3.05) is 21.3 Å². The second-order valence-electron chi connectivity index (χ2n) is 10.4. The van der Waals surface area contributed by atoms with Gasteiger partial charge >= 0.3 is 11.9 Å². The molecule has 0 spiro atoms. The summed E-state index contributed by atoms with van der Waals surface area (Å²) in [6.45, 7) is 3.41. The lowest BCUT2D eigenvalue weighted by Gasteiger charge is -2.24. The Balaban J connectivity index is 1.65. The zero-order valence-corrected chi connectivity index (χ0v) is 25.6. The quantitative estimate of drug-likeness (QED) is 0.198. The van der Waals surface area contributed by atoms with E-state index in [2.05, 4.69) is 21.7 Å². The normalized spacial score (nSPS) is 14.7. The minimum atomic E-state index is -0.480. The Bertz CT molecular complexity index is 1650. The lowest BCUT2D eigenvalue weighted by Crippen LogP contribution is -2.23. The van der Waals surface area contributed by atoms with Crippen LogP contribution in [-0.2, 0) is 53.8 Å². The van der Waals surface area contributed by atoms with Crippen LogP contribution in [0.4, 0.5) is 0 Å². The largest absolute Gasteiger partial charge is 0.469 e. The smallest absolute Gasteiger partial charge is 0.354 e. The van der Waals surface area contributed by atoms with E-state index in [9.17, 15) is 9.59 Å². The molecule has 4 aromatic rings. The average molecular weight is 602 g/mol. The van der Waals surface area contributed by atoms with Gasteiger partial charge in [0, 0.05) is 50.1 Å². The van der Waals surface area contributed by atoms with E-state index in [1.807, 2.05) is 48.5 Å². The molecule has 0 saturated heterocycles. The predicted molar refractivity (Wildman–Crippen MR) is 157 cm³/mol. The van der Waals surface area contributed by atoms with E-state index in [-0.39, 0.29) is 18.4 Å². The van der Waals surface area contributed by atoms with Crippen LogP contribution in [0, 0.1) is 6.92 Å². The second-order valence-corrected chi connectivity index (χ2v) is 11.1. The molecule has 0 saturated carbocycles. The Morgan fingerprint density at radius 1 is 1.15 bits per heavy atom. The number of carbonyl (C=O) groups is 2. The number of rotatable bonds is 9. The van der Waals surface area contributed by atoms with E-state index >= 15 is 0 Å². The van der Waals surface area contributed by atoms with Crippen LogP contribution in [0.1, 0.15) is 57.7 Å². The summed E-state index contributed by atoms with van der Waals surface area (Å²) in [5.74, 6) is -0.428. The molecule has 0 N–H and O–H groups in total. The highest BCUT2D eigenvalue weighted by Crippen LogP contribution is 2.46. The third-order valence-electron chi connectivity index (χ3n) is 8.05. The van der Waals surface area contributed by atoms with Crippen LogP contribution in [-0.4, -0.2) is 62.2 Å². The van der Waals surface area contributed by atoms with Crippen LogP contribution < -0.4 is 0 Å². The fourth-order valence-electron chi connectivity index (χ4n) is 6.14. The summed E-state index contributed by atoms with van der Waals surface area (Å²) >= 11 is 13.1. The highest BCUT2D eigenvalue weighted by molar-refractivity contribution is 6.35. The summed E-state index contributed by atoms with van der Waals surface area (Å²) in [5.41, 5.74) is 7.50. The highest BCUT2D eigenvalue weighted by atomic mass is 35.5. The van der Waals surface area contributed by atoms with E-state index in [1.165, 1.54) is 14.2 Å². The van der Waals surface area contributed by atoms with Crippen LogP contribution in [0.3, 0.4) is 0 Å². The van der Waals surface area contributed by atoms with Gasteiger partial charge in [-0.15, -0.1) is 11.6 Å². The number of benzene rings is 1. The maximum Gasteiger partial charge on any atom is 0.354 e. The van der Waals surface area contributed by atoms with Gasteiger partial charge in [-0.05, 0) is 44.5 Å². The molecule has 0 aliphatic carbocycles. The molecule has 1 aromatic carbocycles. The maximum atomic E-state index is 13.0. The number of nitrogens with zero attached hydrogens (tertiary/aromatic N) is 6. The molecule has 0 radical (unpaired) electrons. The average Bonchev–Trinajstić information content (AvgIpc) is 3.68. The van der Waals surface area contributed by atoms with Gasteiger partial charge in [-0.25, -0.2) is 4.79 Å². The van der Waals surface area contributed by atoms with Gasteiger partial charge in [-0.3, -0.25) is 19.1 Å². The van der Waals surface area contributed by atoms with E-state index in [4.69, 9.17) is 37.8 Å². The molecule has 0 unspecified atom stereocenters. The van der Waals surface area contributed by atoms with Gasteiger partial charge in [-0.1, -0.05) is 17.7 Å². The van der Waals surface area contributed by atoms with Crippen molar-refractivity contribution in [2.45, 2.75) is 51.2 Å². The number of aromatic nitrogens is 5. The number of carbonyl (C=O) groups excluding carboxylic acids is 2. The lowest BCUT2D eigenvalue weighted by atomic mass is 9.95. The Labute approximate surface area is 248 Å². The number of methoxy groups -OCH3 is 2. The van der Waals surface area contributed by atoms with Gasteiger partial charge in [0.1, 0.15) is 5.69 Å². The zero-order valence-electron chi connectivity index (χ0n) is 24.1. The molecule has 1 aliphatic heterocycles. The van der Waals surface area contributed by atoms with Crippen molar-refractivity contribution in [3.63, 3.8) is 0 Å². The van der Waals surface area contributed by atoms with E-state index in [0.29, 0.717) is 29.6 Å². The highest BCUT2D eigenvalue weighted by Gasteiger charge is 2.35. The van der Waals surface area contributed by atoms with Crippen molar-refractivity contribution in [2.24, 2.45) is 14.1 Å². The Morgan fingerprint density at radius 2 is 1.90 bits per heavy atom. The number of aryl methyl sites for hydroxylation is 5. The van der Waals surface area contributed by atoms with E-state index in [0.717, 1.165) is 63.3 Å². The van der Waals surface area contributed by atoms with Crippen LogP contribution in [0.2, 0.25) is 5.02 Å². The van der Waals surface area contributed by atoms with E-state index in [1.54, 1.807) is 0 Å². The second kappa shape index (κ2) is 11.5. The summed E-state index contributed by atoms with van der Waals surface area (Å²) in [6.07, 6.45) is 1.34. The van der Waals surface area contributed by atoms with Gasteiger partial charge < -0.3 is 14.0 Å². The number of fused-ring (bicyclic) bond motifs is 2. The molecule has 3 aromatic heterocycles. The van der Waals surface area contributed by atoms with Crippen molar-refractivity contribution in [1.82, 2.24) is 29.0 Å². The maximum absolute atomic E-state index is 13.0. The fourth-order valence-corrected chi connectivity index (χ4v) is 6.64. The molecule has 4 heterocycles. The van der Waals surface area contributed by atoms with Crippen molar-refractivity contribution in [3.05, 3.63) is 57.3 Å². The minimum Gasteiger partial charge on any atom is -0.469 e. The molecular weight excluding hydrogens is 567 g/mol. The first kappa shape index (κ1) is 29.2. The van der Waals surface area contributed by atoms with Gasteiger partial charge in [0.05, 0.1) is 59.5 Å². The third-order valence-corrected chi connectivity index (χ3v) is 8.64. The first-order valence-corrected chi connectivity index (χ1v) is 14.3. The van der Waals surface area contributed by atoms with Crippen LogP contribution in [0.15, 0.2) is 18.2 Å². The van der Waals surface area contributed by atoms with Gasteiger partial charge in [0.15, 0.2) is 0 Å². The monoisotopic (exact) mass is 600 g/mol. The lowest BCUT2D eigenvalue weighted by molar-refractivity contribution is -0.140. The summed E-state index contributed by atoms with van der Waals surface area (Å²) in [7, 11) is 8.52. The number of alkyl halides is 1. The van der Waals surface area contributed by atoms with Crippen LogP contribution in [0.5, 0.6) is 0 Å². The standard InChI is InChI=1S/C29H34Cl2N6O4/c1-16-24(28-22(11-12-37(28)32-16)34(2)15-17-13-18(14-30)36(4)33-17)25-21(31)9-7-19-20(8-10-23(38)40-5)27(29(39)41-6)35(3)26(19)25/h7,9,13,22H,8,10-12,14-15H2,1-6H3/t22-/m1/s1. The molecule has 10 nitrogen and oxygen atoms in total. The predicted octanol–water partition coefficient (Wildman–Crippen LogP) is 4.94. The SMILES string of the molecule is COC(=O)CCc1c(C(=O)OC)n(C)c2c(-c3c(C)nn4c3[C@H](N(C)Cc3cc(CCl)n(C)n3)CC4)c(Cl)ccc12. The fraction of sp³-hybridized carbons (Fsp3) is 0.448. The topological polar surface area (TPSA) is 96.4 Å². The van der Waals surface area contributed by atoms with Gasteiger partial charge in [0.25, 0.3) is 0 Å². The molecule has 1 aliphatic rings. The molecule has 0 fully saturated rings. The first-order chi connectivity index (χ1) is 19.6. The summed E-state index contributed by atoms with van der Waals surface area (Å²) in [5, 5.41) is 10.9. The molecule has 0 bridgehead atoms. The molecule has 12 heteroatoms. The van der Waals surface area contributed by atoms with E-state index < -0.39 is 5.97 Å². The molecule has 218 valence electrons. The Morgan fingerprint density at radius 3 is 2.56 bits per heavy atom. The summed E-state index contributed by atoms with van der Waals surface area (Å²) < 4.78 is 15.7. The zero-order chi connectivity index (χ0) is 29.6. The first-order valence-electron chi connectivity index (χ1n) is 13.4. The van der Waals surface area contributed by atoms with Crippen molar-refractivity contribution >= 4 is 46.0 Å². The number of hydrogen-bond donors (Lipinski definition) is 0. The number of halogens is 2. The van der Waals surface area contributed by atoms with Crippen molar-refractivity contribution < 1.29 is 19.1 Å². The Kier molecular flexibility index (Phi) is 8.18. The molecule has 0 amide bonds. The molecule has 41 heavy (non-hydrogen) atoms. The summed E-state index contributed by atoms with van der Waals surface area (Å²) in [6, 6.07) is 5.85. The van der Waals surface area contributed by atoms with Crippen molar-refractivity contribution in [1.29, 1.82) is 0 Å². The van der Waals surface area contributed by atoms with Crippen LogP contribution in [0.25, 0.3) is 22.0 Å². The Hall–Kier alpha value is -3.34. The molecule has 5 rings (SSSR count). The van der Waals surface area contributed by atoms with Crippen LogP contribution >= 0.6 is 23.2 Å². The molecule has 1 atom stereocenters. The van der Waals surface area contributed by atoms with Gasteiger partial charge in [0.2, 0.25) is 0 Å². The number of esters is 2. The molecular formula is C29H34Cl2N6O4.